The van der Waals surface area contributed by atoms with Crippen LogP contribution in [0, 0.1) is 0 Å². The molecule has 0 saturated carbocycles. The minimum absolute atomic E-state index is 0.0856. The Labute approximate surface area is 292 Å². The highest BCUT2D eigenvalue weighted by atomic mass is 16.3. The molecule has 50 heavy (non-hydrogen) atoms. The van der Waals surface area contributed by atoms with Gasteiger partial charge < -0.3 is 10.2 Å². The largest absolute Gasteiger partial charge is 0.395 e. The zero-order valence-electron chi connectivity index (χ0n) is 27.9. The normalized spacial score (nSPS) is 23.0. The van der Waals surface area contributed by atoms with Gasteiger partial charge in [-0.15, -0.1) is 0 Å². The van der Waals surface area contributed by atoms with Gasteiger partial charge in [0.25, 0.3) is 0 Å². The molecule has 4 aromatic carbocycles. The van der Waals surface area contributed by atoms with Crippen LogP contribution in [0.2, 0.25) is 0 Å². The first-order valence-electron chi connectivity index (χ1n) is 17.6. The van der Waals surface area contributed by atoms with Crippen molar-refractivity contribution in [1.82, 2.24) is 9.97 Å². The molecule has 3 aliphatic carbocycles. The van der Waals surface area contributed by atoms with E-state index in [1.165, 1.54) is 5.57 Å². The van der Waals surface area contributed by atoms with Gasteiger partial charge in [-0.25, -0.2) is 9.97 Å². The van der Waals surface area contributed by atoms with Gasteiger partial charge >= 0.3 is 0 Å². The van der Waals surface area contributed by atoms with Crippen molar-refractivity contribution in [2.45, 2.75) is 36.5 Å². The van der Waals surface area contributed by atoms with Gasteiger partial charge in [-0.3, -0.25) is 0 Å². The van der Waals surface area contributed by atoms with Crippen LogP contribution in [-0.4, -0.2) is 33.4 Å². The van der Waals surface area contributed by atoms with Gasteiger partial charge in [-0.2, -0.15) is 0 Å². The number of para-hydroxylation sites is 2. The fraction of sp³-hybridized carbons (Fsp3) is 0.174. The van der Waals surface area contributed by atoms with E-state index in [4.69, 9.17) is 9.97 Å². The Balaban J connectivity index is 1.28. The molecule has 3 aliphatic rings. The first-order chi connectivity index (χ1) is 24.6. The number of benzene rings is 4. The SMILES string of the molecule is C=C/C=C1\C(=C2\C=CCC=CC2)c2nc3ccccc3cc2C1(CO)CCC1(CO)c2cc3ccccc3nc2-c2c1ccc1ccccc21. The molecule has 2 N–H and O–H groups in total. The van der Waals surface area contributed by atoms with Crippen molar-refractivity contribution < 1.29 is 10.2 Å². The minimum atomic E-state index is -0.779. The summed E-state index contributed by atoms with van der Waals surface area (Å²) in [5, 5.41) is 27.9. The summed E-state index contributed by atoms with van der Waals surface area (Å²) < 4.78 is 0. The molecule has 0 aliphatic heterocycles. The van der Waals surface area contributed by atoms with Crippen LogP contribution < -0.4 is 0 Å². The maximum Gasteiger partial charge on any atom is 0.0761 e. The smallest absolute Gasteiger partial charge is 0.0761 e. The lowest BCUT2D eigenvalue weighted by Crippen LogP contribution is -2.36. The molecule has 0 amide bonds. The van der Waals surface area contributed by atoms with E-state index >= 15 is 0 Å². The molecule has 0 fully saturated rings. The van der Waals surface area contributed by atoms with Gasteiger partial charge in [0, 0.05) is 32.7 Å². The van der Waals surface area contributed by atoms with Crippen molar-refractivity contribution in [3.05, 3.63) is 174 Å². The predicted octanol–water partition coefficient (Wildman–Crippen LogP) is 9.69. The molecular weight excluding hydrogens is 613 g/mol. The predicted molar refractivity (Wildman–Crippen MR) is 205 cm³/mol. The molecular formula is C46H38N2O2. The second-order valence-corrected chi connectivity index (χ2v) is 13.9. The fourth-order valence-corrected chi connectivity index (χ4v) is 8.92. The molecule has 244 valence electrons. The number of rotatable bonds is 6. The first kappa shape index (κ1) is 30.6. The number of hydrogen-bond donors (Lipinski definition) is 2. The summed E-state index contributed by atoms with van der Waals surface area (Å²) >= 11 is 0. The molecule has 0 radical (unpaired) electrons. The third-order valence-electron chi connectivity index (χ3n) is 11.4. The zero-order valence-corrected chi connectivity index (χ0v) is 27.9. The van der Waals surface area contributed by atoms with Crippen molar-refractivity contribution >= 4 is 38.2 Å². The Bertz CT molecular complexity index is 2500. The van der Waals surface area contributed by atoms with Crippen molar-refractivity contribution in [3.63, 3.8) is 0 Å². The second-order valence-electron chi connectivity index (χ2n) is 13.9. The molecule has 6 aromatic rings. The van der Waals surface area contributed by atoms with Crippen LogP contribution in [0.5, 0.6) is 0 Å². The Morgan fingerprint density at radius 3 is 2.02 bits per heavy atom. The quantitative estimate of drug-likeness (QED) is 0.176. The van der Waals surface area contributed by atoms with Crippen molar-refractivity contribution in [2.24, 2.45) is 0 Å². The summed E-state index contributed by atoms with van der Waals surface area (Å²) in [5.41, 5.74) is 9.74. The highest BCUT2D eigenvalue weighted by Gasteiger charge is 2.51. The standard InChI is InChI=1S/C46H38N2O2/c1-2-13-35-41(31-15-5-3-4-6-16-31)43-37(26-32-17-8-11-20-39(32)47-43)45(35,28-49)24-25-46(29-50)36-23-22-30-14-7-10-19-34(30)42(36)44-38(46)27-33-18-9-12-21-40(33)48-44/h2-3,5-14,16-23,26-27,49-50H,1,4,15,24-25,28-29H2/b35-13+,41-31-. The third kappa shape index (κ3) is 4.38. The molecule has 0 bridgehead atoms. The van der Waals surface area contributed by atoms with Crippen LogP contribution in [0.3, 0.4) is 0 Å². The van der Waals surface area contributed by atoms with E-state index in [1.54, 1.807) is 0 Å². The van der Waals surface area contributed by atoms with Gasteiger partial charge in [0.05, 0.1) is 35.6 Å². The topological polar surface area (TPSA) is 66.2 Å². The fourth-order valence-electron chi connectivity index (χ4n) is 8.92. The van der Waals surface area contributed by atoms with Crippen molar-refractivity contribution in [3.8, 4) is 11.3 Å². The maximum atomic E-state index is 11.8. The lowest BCUT2D eigenvalue weighted by Gasteiger charge is -2.36. The van der Waals surface area contributed by atoms with Crippen LogP contribution in [-0.2, 0) is 10.8 Å². The van der Waals surface area contributed by atoms with Crippen LogP contribution in [0.1, 0.15) is 48.1 Å². The van der Waals surface area contributed by atoms with Crippen LogP contribution >= 0.6 is 0 Å². The van der Waals surface area contributed by atoms with E-state index in [1.807, 2.05) is 30.3 Å². The van der Waals surface area contributed by atoms with E-state index < -0.39 is 10.8 Å². The third-order valence-corrected chi connectivity index (χ3v) is 11.4. The van der Waals surface area contributed by atoms with Crippen molar-refractivity contribution in [2.75, 3.05) is 13.2 Å². The molecule has 2 heterocycles. The lowest BCUT2D eigenvalue weighted by molar-refractivity contribution is 0.177. The summed E-state index contributed by atoms with van der Waals surface area (Å²) in [7, 11) is 0. The molecule has 0 spiro atoms. The van der Waals surface area contributed by atoms with E-state index in [-0.39, 0.29) is 13.2 Å². The van der Waals surface area contributed by atoms with Gasteiger partial charge in [-0.05, 0) is 88.6 Å². The van der Waals surface area contributed by atoms with Gasteiger partial charge in [0.1, 0.15) is 0 Å². The zero-order chi connectivity index (χ0) is 33.9. The highest BCUT2D eigenvalue weighted by Crippen LogP contribution is 2.58. The Morgan fingerprint density at radius 1 is 0.660 bits per heavy atom. The van der Waals surface area contributed by atoms with E-state index in [0.29, 0.717) is 12.8 Å². The van der Waals surface area contributed by atoms with Crippen LogP contribution in [0.25, 0.3) is 49.4 Å². The van der Waals surface area contributed by atoms with Gasteiger partial charge in [0.2, 0.25) is 0 Å². The summed E-state index contributed by atoms with van der Waals surface area (Å²) in [4.78, 5) is 10.6. The summed E-state index contributed by atoms with van der Waals surface area (Å²) in [6.45, 7) is 3.95. The molecule has 4 heteroatoms. The number of aliphatic hydroxyl groups is 2. The molecule has 4 nitrogen and oxygen atoms in total. The van der Waals surface area contributed by atoms with E-state index in [0.717, 1.165) is 90.2 Å². The Hall–Kier alpha value is -5.42. The maximum absolute atomic E-state index is 11.8. The average Bonchev–Trinajstić information content (AvgIpc) is 3.39. The molecule has 9 rings (SSSR count). The number of fused-ring (bicyclic) bond motifs is 8. The molecule has 2 atom stereocenters. The highest BCUT2D eigenvalue weighted by molar-refractivity contribution is 6.03. The number of aromatic nitrogens is 2. The van der Waals surface area contributed by atoms with Crippen molar-refractivity contribution in [1.29, 1.82) is 0 Å². The second kappa shape index (κ2) is 11.9. The summed E-state index contributed by atoms with van der Waals surface area (Å²) in [5.74, 6) is 0. The number of pyridine rings is 2. The average molecular weight is 651 g/mol. The molecule has 0 saturated heterocycles. The van der Waals surface area contributed by atoms with E-state index in [9.17, 15) is 10.2 Å². The van der Waals surface area contributed by atoms with Crippen LogP contribution in [0.15, 0.2) is 151 Å². The van der Waals surface area contributed by atoms with Gasteiger partial charge in [0.15, 0.2) is 0 Å². The van der Waals surface area contributed by atoms with Gasteiger partial charge in [-0.1, -0.05) is 116 Å². The van der Waals surface area contributed by atoms with Crippen LogP contribution in [0.4, 0.5) is 0 Å². The monoisotopic (exact) mass is 650 g/mol. The lowest BCUT2D eigenvalue weighted by atomic mass is 9.67. The Kier molecular flexibility index (Phi) is 7.27. The minimum Gasteiger partial charge on any atom is -0.395 e. The number of allylic oxidation sites excluding steroid dienone is 8. The number of nitrogens with zero attached hydrogens (tertiary/aromatic N) is 2. The number of hydrogen-bond acceptors (Lipinski definition) is 4. The Morgan fingerprint density at radius 2 is 1.30 bits per heavy atom. The molecule has 2 unspecified atom stereocenters. The number of aliphatic hydroxyl groups excluding tert-OH is 2. The summed E-state index contributed by atoms with van der Waals surface area (Å²) in [6, 6.07) is 33.7. The first-order valence-corrected chi connectivity index (χ1v) is 17.6. The summed E-state index contributed by atoms with van der Waals surface area (Å²) in [6.07, 6.45) is 15.6. The van der Waals surface area contributed by atoms with E-state index in [2.05, 4.69) is 110 Å². The molecule has 2 aromatic heterocycles.